The minimum absolute atomic E-state index is 0.0675. The molecule has 2 fully saturated rings. The smallest absolute Gasteiger partial charge is 0.242 e. The van der Waals surface area contributed by atoms with Crippen molar-refractivity contribution in [1.29, 1.82) is 5.26 Å². The number of hydrogen-bond acceptors (Lipinski definition) is 5. The molecule has 0 aromatic heterocycles. The molecule has 1 aliphatic heterocycles. The predicted octanol–water partition coefficient (Wildman–Crippen LogP) is 0.528. The second-order valence-corrected chi connectivity index (χ2v) is 6.87. The summed E-state index contributed by atoms with van der Waals surface area (Å²) in [5.74, 6) is 0.193. The lowest BCUT2D eigenvalue weighted by atomic mass is 9.99. The zero-order valence-electron chi connectivity index (χ0n) is 14.0. The van der Waals surface area contributed by atoms with Gasteiger partial charge in [0, 0.05) is 18.6 Å². The van der Waals surface area contributed by atoms with Crippen LogP contribution < -0.4 is 5.32 Å². The van der Waals surface area contributed by atoms with Crippen LogP contribution >= 0.6 is 0 Å². The molecule has 124 valence electrons. The number of likely N-dealkylation sites (N-methyl/N-ethyl adjacent to an activating group) is 1. The Kier molecular flexibility index (Phi) is 5.10. The lowest BCUT2D eigenvalue weighted by Gasteiger charge is -2.38. The van der Waals surface area contributed by atoms with Crippen molar-refractivity contribution in [2.24, 2.45) is 5.92 Å². The first-order chi connectivity index (χ1) is 10.4. The van der Waals surface area contributed by atoms with Crippen molar-refractivity contribution in [2.45, 2.75) is 63.9 Å². The third kappa shape index (κ3) is 2.98. The Morgan fingerprint density at radius 1 is 1.59 bits per heavy atom. The zero-order chi connectivity index (χ0) is 16.5. The molecule has 0 aromatic rings. The first-order valence-corrected chi connectivity index (χ1v) is 8.19. The molecule has 22 heavy (non-hydrogen) atoms. The fourth-order valence-corrected chi connectivity index (χ4v) is 4.07. The molecular formula is C16H28N4O2. The molecule has 6 heteroatoms. The van der Waals surface area contributed by atoms with Gasteiger partial charge >= 0.3 is 0 Å². The molecule has 1 aliphatic carbocycles. The quantitative estimate of drug-likeness (QED) is 0.748. The van der Waals surface area contributed by atoms with Crippen LogP contribution in [0, 0.1) is 17.2 Å². The summed E-state index contributed by atoms with van der Waals surface area (Å²) in [6.45, 7) is 7.78. The van der Waals surface area contributed by atoms with Crippen LogP contribution in [0.2, 0.25) is 0 Å². The fourth-order valence-electron chi connectivity index (χ4n) is 4.07. The van der Waals surface area contributed by atoms with Crippen LogP contribution in [0.1, 0.15) is 40.0 Å². The molecule has 2 N–H and O–H groups in total. The normalized spacial score (nSPS) is 33.1. The van der Waals surface area contributed by atoms with Crippen LogP contribution in [-0.2, 0) is 4.79 Å². The van der Waals surface area contributed by atoms with Gasteiger partial charge in [-0.3, -0.25) is 14.6 Å². The largest absolute Gasteiger partial charge is 0.372 e. The van der Waals surface area contributed by atoms with E-state index in [4.69, 9.17) is 5.26 Å². The molecule has 2 aliphatic rings. The number of β-amino-alcohol motifs (C(OH)–C–C–N with tert-alkyl or cyclic N) is 1. The number of piperazine rings is 1. The van der Waals surface area contributed by atoms with Gasteiger partial charge in [0.15, 0.2) is 0 Å². The van der Waals surface area contributed by atoms with Crippen molar-refractivity contribution < 1.29 is 9.90 Å². The van der Waals surface area contributed by atoms with Crippen LogP contribution in [0.15, 0.2) is 0 Å². The number of nitrogens with one attached hydrogen (secondary N) is 1. The Hall–Kier alpha value is -1.16. The Morgan fingerprint density at radius 3 is 2.77 bits per heavy atom. The fraction of sp³-hybridized carbons (Fsp3) is 0.875. The summed E-state index contributed by atoms with van der Waals surface area (Å²) >= 11 is 0. The lowest BCUT2D eigenvalue weighted by molar-refractivity contribution is -0.137. The monoisotopic (exact) mass is 308 g/mol. The van der Waals surface area contributed by atoms with Crippen LogP contribution in [0.4, 0.5) is 0 Å². The van der Waals surface area contributed by atoms with Gasteiger partial charge in [0.25, 0.3) is 0 Å². The van der Waals surface area contributed by atoms with Gasteiger partial charge in [0.05, 0.1) is 12.5 Å². The highest BCUT2D eigenvalue weighted by Gasteiger charge is 2.64. The highest BCUT2D eigenvalue weighted by molar-refractivity contribution is 5.91. The molecule has 0 bridgehead atoms. The zero-order valence-corrected chi connectivity index (χ0v) is 14.0. The van der Waals surface area contributed by atoms with E-state index < -0.39 is 11.8 Å². The number of carbonyl (C=O) groups excluding carboxylic acids is 1. The second-order valence-electron chi connectivity index (χ2n) is 6.87. The standard InChI is InChI=1S/C16H28N4O2/c1-5-20(11(2)3)13(6-7-17)8-12-9-16(12)15(22)18-14(21)10-19(16)4/h11-14,21H,5-6,8-10H2,1-4H3,(H,18,22). The van der Waals surface area contributed by atoms with Gasteiger partial charge in [-0.25, -0.2) is 0 Å². The number of nitrogens with zero attached hydrogens (tertiary/aromatic N) is 3. The van der Waals surface area contributed by atoms with E-state index in [1.165, 1.54) is 0 Å². The third-order valence-electron chi connectivity index (χ3n) is 5.27. The van der Waals surface area contributed by atoms with Crippen molar-refractivity contribution in [2.75, 3.05) is 20.1 Å². The van der Waals surface area contributed by atoms with Gasteiger partial charge in [-0.1, -0.05) is 6.92 Å². The molecule has 1 amide bonds. The molecule has 4 unspecified atom stereocenters. The summed E-state index contributed by atoms with van der Waals surface area (Å²) in [4.78, 5) is 16.7. The summed E-state index contributed by atoms with van der Waals surface area (Å²) in [7, 11) is 1.90. The molecule has 1 saturated heterocycles. The number of hydrogen-bond donors (Lipinski definition) is 2. The van der Waals surface area contributed by atoms with Gasteiger partial charge in [-0.15, -0.1) is 0 Å². The van der Waals surface area contributed by atoms with Crippen molar-refractivity contribution in [3.05, 3.63) is 0 Å². The molecule has 4 atom stereocenters. The first-order valence-electron chi connectivity index (χ1n) is 8.19. The van der Waals surface area contributed by atoms with Crippen LogP contribution in [-0.4, -0.2) is 64.8 Å². The summed E-state index contributed by atoms with van der Waals surface area (Å²) in [6, 6.07) is 2.87. The van der Waals surface area contributed by atoms with E-state index in [1.54, 1.807) is 0 Å². The maximum absolute atomic E-state index is 12.3. The number of rotatable bonds is 6. The SMILES string of the molecule is CCN(C(C)C)C(CC#N)CC1CC12C(=O)NC(O)CN2C. The van der Waals surface area contributed by atoms with Crippen molar-refractivity contribution >= 4 is 5.91 Å². The van der Waals surface area contributed by atoms with Crippen molar-refractivity contribution in [3.8, 4) is 6.07 Å². The number of amides is 1. The summed E-state index contributed by atoms with van der Waals surface area (Å²) in [6.07, 6.45) is 1.39. The molecule has 1 saturated carbocycles. The van der Waals surface area contributed by atoms with Crippen molar-refractivity contribution in [1.82, 2.24) is 15.1 Å². The third-order valence-corrected chi connectivity index (χ3v) is 5.27. The number of nitriles is 1. The topological polar surface area (TPSA) is 79.6 Å². The first kappa shape index (κ1) is 17.2. The Balaban J connectivity index is 2.07. The van der Waals surface area contributed by atoms with Gasteiger partial charge in [0.1, 0.15) is 11.8 Å². The molecule has 0 aromatic carbocycles. The molecule has 6 nitrogen and oxygen atoms in total. The number of aliphatic hydroxyl groups is 1. The Bertz CT molecular complexity index is 462. The van der Waals surface area contributed by atoms with Crippen LogP contribution in [0.5, 0.6) is 0 Å². The average Bonchev–Trinajstić information content (AvgIpc) is 3.12. The number of aliphatic hydroxyl groups excluding tert-OH is 1. The van der Waals surface area contributed by atoms with E-state index in [0.29, 0.717) is 19.0 Å². The summed E-state index contributed by atoms with van der Waals surface area (Å²) in [5.41, 5.74) is -0.469. The van der Waals surface area contributed by atoms with Gasteiger partial charge in [-0.2, -0.15) is 5.26 Å². The molecular weight excluding hydrogens is 280 g/mol. The van der Waals surface area contributed by atoms with Crippen LogP contribution in [0.3, 0.4) is 0 Å². The molecule has 2 rings (SSSR count). The highest BCUT2D eigenvalue weighted by Crippen LogP contribution is 2.52. The van der Waals surface area contributed by atoms with Crippen molar-refractivity contribution in [3.63, 3.8) is 0 Å². The van der Waals surface area contributed by atoms with Gasteiger partial charge in [-0.05, 0) is 46.2 Å². The van der Waals surface area contributed by atoms with Gasteiger partial charge in [0.2, 0.25) is 5.91 Å². The molecule has 1 spiro atoms. The van der Waals surface area contributed by atoms with E-state index in [-0.39, 0.29) is 17.9 Å². The Morgan fingerprint density at radius 2 is 2.27 bits per heavy atom. The molecule has 0 radical (unpaired) electrons. The van der Waals surface area contributed by atoms with Crippen LogP contribution in [0.25, 0.3) is 0 Å². The van der Waals surface area contributed by atoms with E-state index in [1.807, 2.05) is 11.9 Å². The lowest BCUT2D eigenvalue weighted by Crippen LogP contribution is -2.61. The van der Waals surface area contributed by atoms with E-state index in [2.05, 4.69) is 37.1 Å². The van der Waals surface area contributed by atoms with E-state index in [0.717, 1.165) is 19.4 Å². The summed E-state index contributed by atoms with van der Waals surface area (Å²) < 4.78 is 0. The maximum atomic E-state index is 12.3. The minimum Gasteiger partial charge on any atom is -0.372 e. The maximum Gasteiger partial charge on any atom is 0.242 e. The van der Waals surface area contributed by atoms with E-state index in [9.17, 15) is 9.90 Å². The molecule has 1 heterocycles. The minimum atomic E-state index is -0.776. The second kappa shape index (κ2) is 6.53. The van der Waals surface area contributed by atoms with Gasteiger partial charge < -0.3 is 10.4 Å². The Labute approximate surface area is 133 Å². The average molecular weight is 308 g/mol. The number of carbonyl (C=O) groups is 1. The predicted molar refractivity (Wildman–Crippen MR) is 83.8 cm³/mol. The highest BCUT2D eigenvalue weighted by atomic mass is 16.3. The van der Waals surface area contributed by atoms with E-state index >= 15 is 0 Å². The summed E-state index contributed by atoms with van der Waals surface area (Å²) in [5, 5.41) is 21.4.